The van der Waals surface area contributed by atoms with Crippen LogP contribution in [0.1, 0.15) is 36.7 Å². The Balaban J connectivity index is 2.08. The van der Waals surface area contributed by atoms with Gasteiger partial charge in [0, 0.05) is 5.69 Å². The Morgan fingerprint density at radius 2 is 2.04 bits per heavy atom. The minimum atomic E-state index is -0.524. The van der Waals surface area contributed by atoms with E-state index in [0.29, 0.717) is 11.3 Å². The third-order valence-corrected chi connectivity index (χ3v) is 4.66. The highest BCUT2D eigenvalue weighted by atomic mass is 32.2. The number of benzene rings is 1. The summed E-state index contributed by atoms with van der Waals surface area (Å²) in [5, 5.41) is 12.5. The van der Waals surface area contributed by atoms with Gasteiger partial charge in [0.1, 0.15) is 16.7 Å². The summed E-state index contributed by atoms with van der Waals surface area (Å²) in [6, 6.07) is 11.7. The molecule has 0 saturated carbocycles. The van der Waals surface area contributed by atoms with E-state index in [-0.39, 0.29) is 28.6 Å². The lowest BCUT2D eigenvalue weighted by Gasteiger charge is -2.22. The molecule has 1 amide bonds. The molecule has 0 unspecified atom stereocenters. The number of carbonyl (C=O) groups is 1. The number of hydrogen-bond donors (Lipinski definition) is 2. The fourth-order valence-electron chi connectivity index (χ4n) is 2.44. The third-order valence-electron chi connectivity index (χ3n) is 3.68. The number of nitriles is 1. The van der Waals surface area contributed by atoms with Gasteiger partial charge in [0.15, 0.2) is 0 Å². The van der Waals surface area contributed by atoms with Crippen molar-refractivity contribution >= 4 is 17.7 Å². The second-order valence-corrected chi connectivity index (χ2v) is 6.91. The van der Waals surface area contributed by atoms with Crippen LogP contribution in [-0.4, -0.2) is 21.6 Å². The summed E-state index contributed by atoms with van der Waals surface area (Å²) in [4.78, 5) is 30.1. The number of amides is 1. The Hall–Kier alpha value is -2.59. The van der Waals surface area contributed by atoms with Crippen LogP contribution < -0.4 is 11.0 Å². The topological polar surface area (TPSA) is 98.6 Å². The number of aromatic amines is 1. The number of thioether (sulfide) groups is 1. The predicted molar refractivity (Wildman–Crippen MR) is 97.2 cm³/mol. The summed E-state index contributed by atoms with van der Waals surface area (Å²) in [7, 11) is 0. The van der Waals surface area contributed by atoms with Crippen LogP contribution in [-0.2, 0) is 4.79 Å². The van der Waals surface area contributed by atoms with E-state index >= 15 is 0 Å². The molecule has 7 heteroatoms. The maximum atomic E-state index is 12.3. The second-order valence-electron chi connectivity index (χ2n) is 5.95. The maximum Gasteiger partial charge on any atom is 0.346 e. The van der Waals surface area contributed by atoms with Crippen molar-refractivity contribution in [3.63, 3.8) is 0 Å². The molecule has 6 nitrogen and oxygen atoms in total. The summed E-state index contributed by atoms with van der Waals surface area (Å²) >= 11 is 1.09. The van der Waals surface area contributed by atoms with E-state index in [1.807, 2.05) is 50.2 Å². The molecular weight excluding hydrogens is 336 g/mol. The average Bonchev–Trinajstić information content (AvgIpc) is 2.58. The third kappa shape index (κ3) is 4.94. The van der Waals surface area contributed by atoms with Gasteiger partial charge in [0.2, 0.25) is 5.91 Å². The number of aromatic nitrogens is 2. The minimum absolute atomic E-state index is 0.0840. The number of carbonyl (C=O) groups excluding carboxylic acids is 1. The molecule has 2 rings (SSSR count). The Morgan fingerprint density at radius 3 is 2.64 bits per heavy atom. The van der Waals surface area contributed by atoms with Gasteiger partial charge in [-0.1, -0.05) is 55.9 Å². The monoisotopic (exact) mass is 356 g/mol. The predicted octanol–water partition coefficient (Wildman–Crippen LogP) is 2.56. The number of rotatable bonds is 6. The van der Waals surface area contributed by atoms with Crippen molar-refractivity contribution in [3.05, 3.63) is 57.6 Å². The van der Waals surface area contributed by atoms with Crippen LogP contribution in [0.4, 0.5) is 0 Å². The van der Waals surface area contributed by atoms with Crippen molar-refractivity contribution in [3.8, 4) is 6.07 Å². The van der Waals surface area contributed by atoms with Crippen molar-refractivity contribution in [2.75, 3.05) is 5.75 Å². The van der Waals surface area contributed by atoms with E-state index in [1.165, 1.54) is 0 Å². The van der Waals surface area contributed by atoms with Crippen LogP contribution in [0.2, 0.25) is 0 Å². The van der Waals surface area contributed by atoms with Crippen LogP contribution >= 0.6 is 11.8 Å². The summed E-state index contributed by atoms with van der Waals surface area (Å²) in [6.07, 6.45) is 0. The fourth-order valence-corrected chi connectivity index (χ4v) is 3.28. The van der Waals surface area contributed by atoms with Crippen molar-refractivity contribution in [1.29, 1.82) is 5.26 Å². The van der Waals surface area contributed by atoms with Crippen LogP contribution in [0.15, 0.2) is 40.2 Å². The summed E-state index contributed by atoms with van der Waals surface area (Å²) in [6.45, 7) is 5.72. The summed E-state index contributed by atoms with van der Waals surface area (Å²) in [5.41, 5.74) is 1.26. The molecule has 1 heterocycles. The van der Waals surface area contributed by atoms with Gasteiger partial charge in [0.05, 0.1) is 11.8 Å². The van der Waals surface area contributed by atoms with E-state index < -0.39 is 5.69 Å². The first-order valence-electron chi connectivity index (χ1n) is 7.90. The number of nitrogens with zero attached hydrogens (tertiary/aromatic N) is 2. The Bertz CT molecular complexity index is 840. The molecule has 130 valence electrons. The molecule has 0 radical (unpaired) electrons. The molecule has 0 aliphatic rings. The van der Waals surface area contributed by atoms with E-state index in [1.54, 1.807) is 6.92 Å². The minimum Gasteiger partial charge on any atom is -0.348 e. The number of nitrogens with one attached hydrogen (secondary N) is 2. The van der Waals surface area contributed by atoms with Gasteiger partial charge in [-0.15, -0.1) is 0 Å². The normalized spacial score (nSPS) is 11.8. The Morgan fingerprint density at radius 1 is 1.36 bits per heavy atom. The van der Waals surface area contributed by atoms with Gasteiger partial charge < -0.3 is 10.3 Å². The Kier molecular flexibility index (Phi) is 6.37. The van der Waals surface area contributed by atoms with Crippen molar-refractivity contribution in [2.24, 2.45) is 5.92 Å². The van der Waals surface area contributed by atoms with Gasteiger partial charge in [-0.3, -0.25) is 4.79 Å². The molecule has 1 aromatic heterocycles. The van der Waals surface area contributed by atoms with Gasteiger partial charge in [-0.05, 0) is 18.4 Å². The standard InChI is InChI=1S/C18H20N4O2S/c1-11(2)16(13-7-5-4-6-8-13)21-15(23)10-25-17-14(9-19)12(3)20-18(24)22-17/h4-8,11,16H,10H2,1-3H3,(H,21,23)(H,20,22,24)/t16-/m1/s1. The van der Waals surface area contributed by atoms with E-state index in [4.69, 9.17) is 0 Å². The zero-order valence-corrected chi connectivity index (χ0v) is 15.2. The van der Waals surface area contributed by atoms with Crippen LogP contribution in [0.25, 0.3) is 0 Å². The maximum absolute atomic E-state index is 12.3. The molecular formula is C18H20N4O2S. The largest absolute Gasteiger partial charge is 0.348 e. The highest BCUT2D eigenvalue weighted by molar-refractivity contribution is 8.00. The van der Waals surface area contributed by atoms with Crippen LogP contribution in [0.5, 0.6) is 0 Å². The lowest BCUT2D eigenvalue weighted by atomic mass is 9.96. The van der Waals surface area contributed by atoms with Gasteiger partial charge in [-0.2, -0.15) is 10.2 Å². The highest BCUT2D eigenvalue weighted by Crippen LogP contribution is 2.23. The lowest BCUT2D eigenvalue weighted by molar-refractivity contribution is -0.119. The first-order valence-corrected chi connectivity index (χ1v) is 8.89. The highest BCUT2D eigenvalue weighted by Gasteiger charge is 2.19. The average molecular weight is 356 g/mol. The van der Waals surface area contributed by atoms with Crippen LogP contribution in [0.3, 0.4) is 0 Å². The lowest BCUT2D eigenvalue weighted by Crippen LogP contribution is -2.33. The van der Waals surface area contributed by atoms with Crippen LogP contribution in [0, 0.1) is 24.2 Å². The van der Waals surface area contributed by atoms with Crippen molar-refractivity contribution in [2.45, 2.75) is 31.8 Å². The molecule has 0 saturated heterocycles. The number of H-pyrrole nitrogens is 1. The molecule has 0 fully saturated rings. The van der Waals surface area contributed by atoms with Crippen molar-refractivity contribution < 1.29 is 4.79 Å². The molecule has 0 aliphatic heterocycles. The van der Waals surface area contributed by atoms with Gasteiger partial charge in [0.25, 0.3) is 0 Å². The summed E-state index contributed by atoms with van der Waals surface area (Å²) in [5.74, 6) is 0.141. The zero-order valence-electron chi connectivity index (χ0n) is 14.4. The molecule has 0 aliphatic carbocycles. The molecule has 2 N–H and O–H groups in total. The van der Waals surface area contributed by atoms with Gasteiger partial charge in [-0.25, -0.2) is 4.79 Å². The second kappa shape index (κ2) is 8.49. The Labute approximate surface area is 150 Å². The van der Waals surface area contributed by atoms with Crippen molar-refractivity contribution in [1.82, 2.24) is 15.3 Å². The van der Waals surface area contributed by atoms with Gasteiger partial charge >= 0.3 is 5.69 Å². The molecule has 0 spiro atoms. The van der Waals surface area contributed by atoms with E-state index in [2.05, 4.69) is 15.3 Å². The SMILES string of the molecule is Cc1[nH]c(=O)nc(SCC(=O)N[C@@H](c2ccccc2)C(C)C)c1C#N. The van der Waals surface area contributed by atoms with E-state index in [0.717, 1.165) is 17.3 Å². The number of aryl methyl sites for hydroxylation is 1. The first-order chi connectivity index (χ1) is 11.9. The first kappa shape index (κ1) is 18.7. The molecule has 25 heavy (non-hydrogen) atoms. The fraction of sp³-hybridized carbons (Fsp3) is 0.333. The smallest absolute Gasteiger partial charge is 0.346 e. The molecule has 1 aromatic carbocycles. The molecule has 2 aromatic rings. The quantitative estimate of drug-likeness (QED) is 0.612. The number of hydrogen-bond acceptors (Lipinski definition) is 5. The van der Waals surface area contributed by atoms with E-state index in [9.17, 15) is 14.9 Å². The molecule has 0 bridgehead atoms. The zero-order chi connectivity index (χ0) is 18.4. The molecule has 1 atom stereocenters. The summed E-state index contributed by atoms with van der Waals surface area (Å²) < 4.78 is 0.